The average Bonchev–Trinajstić information content (AvgIpc) is 3.22. The van der Waals surface area contributed by atoms with Crippen LogP contribution in [0.4, 0.5) is 5.69 Å². The van der Waals surface area contributed by atoms with Crippen molar-refractivity contribution in [1.29, 1.82) is 0 Å². The predicted molar refractivity (Wildman–Crippen MR) is 113 cm³/mol. The molecule has 8 heteroatoms. The van der Waals surface area contributed by atoms with E-state index in [0.717, 1.165) is 19.7 Å². The van der Waals surface area contributed by atoms with E-state index in [4.69, 9.17) is 4.42 Å². The molecule has 2 N–H and O–H groups in total. The summed E-state index contributed by atoms with van der Waals surface area (Å²) >= 11 is 3.65. The van der Waals surface area contributed by atoms with E-state index < -0.39 is 0 Å². The van der Waals surface area contributed by atoms with Crippen molar-refractivity contribution in [3.63, 3.8) is 0 Å². The first-order chi connectivity index (χ1) is 13.2. The fourth-order valence-corrected chi connectivity index (χ4v) is 4.01. The van der Waals surface area contributed by atoms with Crippen LogP contribution >= 0.6 is 34.5 Å². The third kappa shape index (κ3) is 4.16. The molecule has 0 bridgehead atoms. The number of carbonyl (C=O) groups excluding carboxylic acids is 1. The Morgan fingerprint density at radius 3 is 2.96 bits per heavy atom. The number of rotatable bonds is 5. The summed E-state index contributed by atoms with van der Waals surface area (Å²) in [6, 6.07) is 15.8. The number of nitrogens with zero attached hydrogens (tertiary/aromatic N) is 2. The van der Waals surface area contributed by atoms with Gasteiger partial charge < -0.3 is 14.5 Å². The maximum Gasteiger partial charge on any atom is 0.287 e. The van der Waals surface area contributed by atoms with Crippen LogP contribution in [-0.2, 0) is 4.79 Å². The summed E-state index contributed by atoms with van der Waals surface area (Å²) in [4.78, 5) is 22.3. The summed E-state index contributed by atoms with van der Waals surface area (Å²) in [5, 5.41) is 2.94. The summed E-state index contributed by atoms with van der Waals surface area (Å²) < 4.78 is 9.61. The summed E-state index contributed by atoms with van der Waals surface area (Å²) in [6.45, 7) is 0.354. The molecule has 0 spiro atoms. The van der Waals surface area contributed by atoms with Gasteiger partial charge in [-0.05, 0) is 64.4 Å². The van der Waals surface area contributed by atoms with Gasteiger partial charge in [-0.1, -0.05) is 24.3 Å². The third-order valence-corrected chi connectivity index (χ3v) is 5.57. The van der Waals surface area contributed by atoms with Crippen LogP contribution in [0.2, 0.25) is 0 Å². The van der Waals surface area contributed by atoms with Gasteiger partial charge in [0.25, 0.3) is 5.91 Å². The monoisotopic (exact) mass is 490 g/mol. The van der Waals surface area contributed by atoms with Crippen molar-refractivity contribution in [3.05, 3.63) is 76.0 Å². The van der Waals surface area contributed by atoms with E-state index in [1.165, 1.54) is 11.9 Å². The molecule has 2 aromatic carbocycles. The molecule has 1 aliphatic heterocycles. The van der Waals surface area contributed by atoms with Crippen LogP contribution in [0, 0.1) is 3.57 Å². The Morgan fingerprint density at radius 1 is 1.26 bits per heavy atom. The lowest BCUT2D eigenvalue weighted by molar-refractivity contribution is -0.115. The van der Waals surface area contributed by atoms with Gasteiger partial charge in [-0.25, -0.2) is 9.98 Å². The minimum atomic E-state index is -0.265. The first-order valence-corrected chi connectivity index (χ1v) is 10.1. The Hall–Kier alpha value is -2.33. The highest BCUT2D eigenvalue weighted by Crippen LogP contribution is 2.30. The van der Waals surface area contributed by atoms with Gasteiger partial charge in [0.05, 0.1) is 22.7 Å². The largest absolute Gasteiger partial charge is 0.448 e. The third-order valence-electron chi connectivity index (χ3n) is 4.04. The van der Waals surface area contributed by atoms with Crippen molar-refractivity contribution >= 4 is 52.0 Å². The van der Waals surface area contributed by atoms with Gasteiger partial charge in [0.2, 0.25) is 11.7 Å². The Morgan fingerprint density at radius 2 is 2.15 bits per heavy atom. The topological polar surface area (TPSA) is 79.5 Å². The molecule has 1 amide bonds. The van der Waals surface area contributed by atoms with E-state index in [1.54, 1.807) is 12.5 Å². The molecule has 0 radical (unpaired) electrons. The quantitative estimate of drug-likeness (QED) is 0.420. The molecule has 1 unspecified atom stereocenters. The molecule has 0 fully saturated rings. The number of halogens is 1. The van der Waals surface area contributed by atoms with E-state index in [0.29, 0.717) is 12.4 Å². The SMILES string of the molecule is O=C(NCC(c1cccc(I)c1)c1ncco1)C1=Nc2ccccc2SN1. The van der Waals surface area contributed by atoms with Crippen molar-refractivity contribution in [3.8, 4) is 0 Å². The number of nitrogens with one attached hydrogen (secondary N) is 2. The fraction of sp³-hybridized carbons (Fsp3) is 0.105. The maximum atomic E-state index is 12.6. The average molecular weight is 490 g/mol. The van der Waals surface area contributed by atoms with Crippen LogP contribution in [0.3, 0.4) is 0 Å². The number of carbonyl (C=O) groups is 1. The Kier molecular flexibility index (Phi) is 5.44. The zero-order chi connectivity index (χ0) is 18.6. The smallest absolute Gasteiger partial charge is 0.287 e. The first-order valence-electron chi connectivity index (χ1n) is 8.24. The number of fused-ring (bicyclic) bond motifs is 1. The highest BCUT2D eigenvalue weighted by molar-refractivity contribution is 14.1. The second-order valence-electron chi connectivity index (χ2n) is 5.82. The number of oxazole rings is 1. The number of para-hydroxylation sites is 1. The van der Waals surface area contributed by atoms with Crippen LogP contribution in [0.15, 0.2) is 75.3 Å². The van der Waals surface area contributed by atoms with Gasteiger partial charge in [-0.3, -0.25) is 4.79 Å². The molecule has 2 heterocycles. The molecule has 6 nitrogen and oxygen atoms in total. The van der Waals surface area contributed by atoms with E-state index >= 15 is 0 Å². The minimum absolute atomic E-state index is 0.178. The number of amides is 1. The number of benzene rings is 2. The molecule has 1 aliphatic rings. The molecule has 27 heavy (non-hydrogen) atoms. The van der Waals surface area contributed by atoms with Gasteiger partial charge >= 0.3 is 0 Å². The summed E-state index contributed by atoms with van der Waals surface area (Å²) in [6.07, 6.45) is 3.15. The van der Waals surface area contributed by atoms with E-state index in [2.05, 4.69) is 48.7 Å². The number of aliphatic imine (C=N–C) groups is 1. The van der Waals surface area contributed by atoms with E-state index in [-0.39, 0.29) is 17.7 Å². The molecule has 1 atom stereocenters. The van der Waals surface area contributed by atoms with Crippen molar-refractivity contribution in [2.45, 2.75) is 10.8 Å². The fourth-order valence-electron chi connectivity index (χ4n) is 2.74. The van der Waals surface area contributed by atoms with Crippen molar-refractivity contribution in [1.82, 2.24) is 15.0 Å². The molecular weight excluding hydrogens is 475 g/mol. The molecule has 1 aromatic heterocycles. The first kappa shape index (κ1) is 18.1. The summed E-state index contributed by atoms with van der Waals surface area (Å²) in [5.74, 6) is 0.407. The zero-order valence-corrected chi connectivity index (χ0v) is 17.0. The molecule has 3 aromatic rings. The van der Waals surface area contributed by atoms with Crippen molar-refractivity contribution in [2.75, 3.05) is 6.54 Å². The van der Waals surface area contributed by atoms with Crippen LogP contribution in [0.5, 0.6) is 0 Å². The predicted octanol–water partition coefficient (Wildman–Crippen LogP) is 3.87. The van der Waals surface area contributed by atoms with Gasteiger partial charge in [0.1, 0.15) is 6.26 Å². The maximum absolute atomic E-state index is 12.6. The van der Waals surface area contributed by atoms with Crippen LogP contribution < -0.4 is 10.0 Å². The van der Waals surface area contributed by atoms with Gasteiger partial charge in [0.15, 0.2) is 0 Å². The molecule has 136 valence electrons. The Labute approximate surface area is 174 Å². The zero-order valence-electron chi connectivity index (χ0n) is 14.1. The van der Waals surface area contributed by atoms with E-state index in [1.807, 2.05) is 42.5 Å². The van der Waals surface area contributed by atoms with Crippen molar-refractivity contribution < 1.29 is 9.21 Å². The summed E-state index contributed by atoms with van der Waals surface area (Å²) in [7, 11) is 0. The van der Waals surface area contributed by atoms with Crippen LogP contribution in [-0.4, -0.2) is 23.3 Å². The molecule has 0 aliphatic carbocycles. The Bertz CT molecular complexity index is 991. The standard InChI is InChI=1S/C19H15IN4O2S/c20-13-5-3-4-12(10-13)14(19-21-8-9-26-19)11-22-18(25)17-23-15-6-1-2-7-16(15)27-24-17/h1-10,14H,11H2,(H,22,25)(H,23,24). The second-order valence-corrected chi connectivity index (χ2v) is 7.91. The molecule has 4 rings (SSSR count). The second kappa shape index (κ2) is 8.13. The lowest BCUT2D eigenvalue weighted by Crippen LogP contribution is -2.40. The summed E-state index contributed by atoms with van der Waals surface area (Å²) in [5.41, 5.74) is 1.82. The molecule has 0 saturated carbocycles. The van der Waals surface area contributed by atoms with Gasteiger partial charge in [-0.2, -0.15) is 0 Å². The number of hydrogen-bond donors (Lipinski definition) is 2. The molecule has 0 saturated heterocycles. The van der Waals surface area contributed by atoms with Crippen LogP contribution in [0.25, 0.3) is 0 Å². The highest BCUT2D eigenvalue weighted by Gasteiger charge is 2.23. The Balaban J connectivity index is 1.52. The number of amidine groups is 1. The lowest BCUT2D eigenvalue weighted by atomic mass is 9.99. The van der Waals surface area contributed by atoms with Crippen molar-refractivity contribution in [2.24, 2.45) is 4.99 Å². The number of hydrogen-bond acceptors (Lipinski definition) is 6. The number of aromatic nitrogens is 1. The highest BCUT2D eigenvalue weighted by atomic mass is 127. The van der Waals surface area contributed by atoms with Gasteiger partial charge in [0, 0.05) is 10.1 Å². The lowest BCUT2D eigenvalue weighted by Gasteiger charge is -2.18. The van der Waals surface area contributed by atoms with Crippen LogP contribution in [0.1, 0.15) is 17.4 Å². The minimum Gasteiger partial charge on any atom is -0.448 e. The normalized spacial score (nSPS) is 13.9. The van der Waals surface area contributed by atoms with E-state index in [9.17, 15) is 4.79 Å². The molecular formula is C19H15IN4O2S. The van der Waals surface area contributed by atoms with Gasteiger partial charge in [-0.15, -0.1) is 0 Å².